The van der Waals surface area contributed by atoms with Crippen molar-refractivity contribution in [3.8, 4) is 0 Å². The normalized spacial score (nSPS) is 12.5. The Balaban J connectivity index is 3.16. The van der Waals surface area contributed by atoms with E-state index in [2.05, 4.69) is 5.32 Å². The monoisotopic (exact) mass is 231 g/mol. The topological polar surface area (TPSA) is 69.6 Å². The van der Waals surface area contributed by atoms with E-state index in [4.69, 9.17) is 5.11 Å². The molecule has 0 saturated heterocycles. The predicted octanol–water partition coefficient (Wildman–Crippen LogP) is 0.916. The molecule has 6 heteroatoms. The fraction of sp³-hybridized carbons (Fsp3) is 0.300. The number of aromatic carboxylic acids is 1. The van der Waals surface area contributed by atoms with Crippen LogP contribution in [0.5, 0.6) is 0 Å². The third kappa shape index (κ3) is 2.34. The van der Waals surface area contributed by atoms with Gasteiger partial charge in [0.1, 0.15) is 0 Å². The van der Waals surface area contributed by atoms with Gasteiger partial charge < -0.3 is 15.5 Å². The molecule has 4 nitrogen and oxygen atoms in total. The Morgan fingerprint density at radius 3 is 2.56 bits per heavy atom. The molecule has 0 aliphatic rings. The van der Waals surface area contributed by atoms with E-state index in [1.807, 2.05) is 0 Å². The summed E-state index contributed by atoms with van der Waals surface area (Å²) >= 11 is 0. The number of benzene rings is 1. The fourth-order valence-corrected chi connectivity index (χ4v) is 1.29. The Morgan fingerprint density at radius 2 is 2.06 bits per heavy atom. The molecule has 0 fully saturated rings. The Bertz CT molecular complexity index is 409. The fourth-order valence-electron chi connectivity index (χ4n) is 1.29. The number of hydrogen-bond donors (Lipinski definition) is 3. The van der Waals surface area contributed by atoms with Gasteiger partial charge >= 0.3 is 5.97 Å². The van der Waals surface area contributed by atoms with Gasteiger partial charge in [-0.05, 0) is 13.1 Å². The number of carboxylic acids is 1. The van der Waals surface area contributed by atoms with Crippen LogP contribution in [-0.2, 0) is 0 Å². The summed E-state index contributed by atoms with van der Waals surface area (Å²) in [7, 11) is 1.54. The maximum atomic E-state index is 13.4. The standard InChI is InChI=1S/C10H11F2NO3/c1-13-4-7(14)5-2-3-6(10(15)16)9(12)8(5)11/h2-3,7,13-14H,4H2,1H3,(H,15,16). The van der Waals surface area contributed by atoms with Crippen LogP contribution in [0, 0.1) is 11.6 Å². The summed E-state index contributed by atoms with van der Waals surface area (Å²) in [5, 5.41) is 20.6. The molecule has 1 aromatic rings. The number of carbonyl (C=O) groups is 1. The molecule has 0 heterocycles. The van der Waals surface area contributed by atoms with Crippen molar-refractivity contribution in [3.05, 3.63) is 34.9 Å². The summed E-state index contributed by atoms with van der Waals surface area (Å²) in [6.45, 7) is 0.0444. The predicted molar refractivity (Wildman–Crippen MR) is 52.2 cm³/mol. The van der Waals surface area contributed by atoms with Crippen molar-refractivity contribution in [1.82, 2.24) is 5.32 Å². The first-order valence-electron chi connectivity index (χ1n) is 4.53. The van der Waals surface area contributed by atoms with Crippen LogP contribution in [0.15, 0.2) is 12.1 Å². The quantitative estimate of drug-likeness (QED) is 0.720. The van der Waals surface area contributed by atoms with E-state index in [0.29, 0.717) is 0 Å². The smallest absolute Gasteiger partial charge is 0.338 e. The highest BCUT2D eigenvalue weighted by molar-refractivity contribution is 5.88. The molecule has 3 N–H and O–H groups in total. The molecule has 1 rings (SSSR count). The summed E-state index contributed by atoms with van der Waals surface area (Å²) in [6, 6.07) is 1.98. The minimum Gasteiger partial charge on any atom is -0.478 e. The number of hydrogen-bond acceptors (Lipinski definition) is 3. The molecule has 1 aromatic carbocycles. The summed E-state index contributed by atoms with van der Waals surface area (Å²) in [5.74, 6) is -4.34. The van der Waals surface area contributed by atoms with Gasteiger partial charge in [-0.2, -0.15) is 0 Å². The molecule has 0 bridgehead atoms. The van der Waals surface area contributed by atoms with Gasteiger partial charge in [-0.15, -0.1) is 0 Å². The average Bonchev–Trinajstić information content (AvgIpc) is 2.21. The lowest BCUT2D eigenvalue weighted by molar-refractivity contribution is 0.0690. The summed E-state index contributed by atoms with van der Waals surface area (Å²) in [4.78, 5) is 10.5. The molecule has 88 valence electrons. The average molecular weight is 231 g/mol. The van der Waals surface area contributed by atoms with E-state index in [9.17, 15) is 18.7 Å². The van der Waals surface area contributed by atoms with Crippen LogP contribution < -0.4 is 5.32 Å². The van der Waals surface area contributed by atoms with Gasteiger partial charge in [-0.1, -0.05) is 6.07 Å². The first kappa shape index (κ1) is 12.5. The minimum atomic E-state index is -1.55. The minimum absolute atomic E-state index is 0.0444. The van der Waals surface area contributed by atoms with Crippen LogP contribution in [0.25, 0.3) is 0 Å². The summed E-state index contributed by atoms with van der Waals surface area (Å²) in [6.07, 6.45) is -1.22. The van der Waals surface area contributed by atoms with Gasteiger partial charge in [0.25, 0.3) is 0 Å². The molecular formula is C10H11F2NO3. The largest absolute Gasteiger partial charge is 0.478 e. The molecule has 0 amide bonds. The third-order valence-corrected chi connectivity index (χ3v) is 2.10. The van der Waals surface area contributed by atoms with Gasteiger partial charge in [0.15, 0.2) is 11.6 Å². The maximum Gasteiger partial charge on any atom is 0.338 e. The zero-order chi connectivity index (χ0) is 12.3. The molecule has 1 atom stereocenters. The maximum absolute atomic E-state index is 13.4. The highest BCUT2D eigenvalue weighted by Crippen LogP contribution is 2.21. The van der Waals surface area contributed by atoms with Crippen LogP contribution in [0.3, 0.4) is 0 Å². The molecular weight excluding hydrogens is 220 g/mol. The number of halogens is 2. The van der Waals surface area contributed by atoms with Gasteiger partial charge in [0, 0.05) is 12.1 Å². The van der Waals surface area contributed by atoms with E-state index in [1.165, 1.54) is 0 Å². The zero-order valence-corrected chi connectivity index (χ0v) is 8.50. The lowest BCUT2D eigenvalue weighted by Gasteiger charge is -2.12. The molecule has 1 unspecified atom stereocenters. The SMILES string of the molecule is CNCC(O)c1ccc(C(=O)O)c(F)c1F. The number of likely N-dealkylation sites (N-methyl/N-ethyl adjacent to an activating group) is 1. The second-order valence-corrected chi connectivity index (χ2v) is 3.21. The number of carboxylic acid groups (broad SMARTS) is 1. The molecule has 0 spiro atoms. The lowest BCUT2D eigenvalue weighted by atomic mass is 10.1. The van der Waals surface area contributed by atoms with Crippen LogP contribution in [0.2, 0.25) is 0 Å². The van der Waals surface area contributed by atoms with E-state index < -0.39 is 29.3 Å². The highest BCUT2D eigenvalue weighted by atomic mass is 19.2. The van der Waals surface area contributed by atoms with E-state index >= 15 is 0 Å². The summed E-state index contributed by atoms with van der Waals surface area (Å²) < 4.78 is 26.6. The van der Waals surface area contributed by atoms with Crippen LogP contribution in [-0.4, -0.2) is 29.8 Å². The van der Waals surface area contributed by atoms with Gasteiger partial charge in [0.2, 0.25) is 0 Å². The molecule has 0 aromatic heterocycles. The Labute approximate surface area is 90.5 Å². The number of aliphatic hydroxyl groups excluding tert-OH is 1. The molecule has 0 aliphatic heterocycles. The molecule has 0 radical (unpaired) electrons. The van der Waals surface area contributed by atoms with E-state index in [-0.39, 0.29) is 12.1 Å². The second kappa shape index (κ2) is 5.00. The van der Waals surface area contributed by atoms with Crippen molar-refractivity contribution in [2.24, 2.45) is 0 Å². The van der Waals surface area contributed by atoms with Crippen LogP contribution in [0.1, 0.15) is 22.0 Å². The number of aliphatic hydroxyl groups is 1. The molecule has 0 aliphatic carbocycles. The zero-order valence-electron chi connectivity index (χ0n) is 8.50. The number of nitrogens with one attached hydrogen (secondary N) is 1. The van der Waals surface area contributed by atoms with E-state index in [0.717, 1.165) is 12.1 Å². The molecule has 16 heavy (non-hydrogen) atoms. The summed E-state index contributed by atoms with van der Waals surface area (Å²) in [5.41, 5.74) is -1.02. The highest BCUT2D eigenvalue weighted by Gasteiger charge is 2.21. The Kier molecular flexibility index (Phi) is 3.92. The van der Waals surface area contributed by atoms with Crippen molar-refractivity contribution >= 4 is 5.97 Å². The van der Waals surface area contributed by atoms with Crippen molar-refractivity contribution in [2.45, 2.75) is 6.10 Å². The van der Waals surface area contributed by atoms with Crippen LogP contribution in [0.4, 0.5) is 8.78 Å². The Morgan fingerprint density at radius 1 is 1.44 bits per heavy atom. The van der Waals surface area contributed by atoms with Crippen molar-refractivity contribution in [1.29, 1.82) is 0 Å². The van der Waals surface area contributed by atoms with Gasteiger partial charge in [-0.3, -0.25) is 0 Å². The lowest BCUT2D eigenvalue weighted by Crippen LogP contribution is -2.18. The second-order valence-electron chi connectivity index (χ2n) is 3.21. The van der Waals surface area contributed by atoms with E-state index in [1.54, 1.807) is 7.05 Å². The van der Waals surface area contributed by atoms with Crippen molar-refractivity contribution in [3.63, 3.8) is 0 Å². The van der Waals surface area contributed by atoms with Crippen molar-refractivity contribution < 1.29 is 23.8 Å². The number of rotatable bonds is 4. The van der Waals surface area contributed by atoms with Gasteiger partial charge in [-0.25, -0.2) is 13.6 Å². The van der Waals surface area contributed by atoms with Crippen LogP contribution >= 0.6 is 0 Å². The molecule has 0 saturated carbocycles. The first-order chi connectivity index (χ1) is 7.49. The third-order valence-electron chi connectivity index (χ3n) is 2.10. The first-order valence-corrected chi connectivity index (χ1v) is 4.53. The van der Waals surface area contributed by atoms with Crippen molar-refractivity contribution in [2.75, 3.05) is 13.6 Å². The Hall–Kier alpha value is -1.53. The van der Waals surface area contributed by atoms with Gasteiger partial charge in [0.05, 0.1) is 11.7 Å².